The summed E-state index contributed by atoms with van der Waals surface area (Å²) in [5.41, 5.74) is -2.36. The second kappa shape index (κ2) is 14.0. The van der Waals surface area contributed by atoms with Crippen molar-refractivity contribution in [2.24, 2.45) is 0 Å². The molecule has 0 saturated carbocycles. The quantitative estimate of drug-likeness (QED) is 0.174. The Balaban J connectivity index is 1.65. The van der Waals surface area contributed by atoms with Gasteiger partial charge in [0.25, 0.3) is 0 Å². The van der Waals surface area contributed by atoms with E-state index in [1.807, 2.05) is 0 Å². The smallest absolute Gasteiger partial charge is 0.465 e. The highest BCUT2D eigenvalue weighted by molar-refractivity contribution is 7.52. The zero-order valence-corrected chi connectivity index (χ0v) is 25.1. The number of urea groups is 1. The number of nitrogens with one attached hydrogen (secondary N) is 1. The molecule has 1 aromatic carbocycles. The Hall–Kier alpha value is -3.29. The number of hydrogen-bond donors (Lipinski definition) is 1. The summed E-state index contributed by atoms with van der Waals surface area (Å²) in [6, 6.07) is 5.92. The fourth-order valence-corrected chi connectivity index (χ4v) is 6.46. The van der Waals surface area contributed by atoms with Crippen LogP contribution in [0.2, 0.25) is 0 Å². The number of carbonyl (C=O) groups excluding carboxylic acids is 4. The number of cyclic esters (lactones) is 1. The first-order valence-electron chi connectivity index (χ1n) is 13.9. The molecule has 43 heavy (non-hydrogen) atoms. The first kappa shape index (κ1) is 32.6. The van der Waals surface area contributed by atoms with E-state index in [4.69, 9.17) is 23.3 Å². The fourth-order valence-electron chi connectivity index (χ4n) is 4.95. The molecule has 6 atom stereocenters. The Morgan fingerprint density at radius 1 is 1.12 bits per heavy atom. The normalized spacial score (nSPS) is 33.4. The van der Waals surface area contributed by atoms with Gasteiger partial charge in [0.05, 0.1) is 25.8 Å². The number of hydrogen-bond acceptors (Lipinski definition) is 10. The third-order valence-electron chi connectivity index (χ3n) is 7.09. The van der Waals surface area contributed by atoms with Crippen LogP contribution in [-0.2, 0) is 37.7 Å². The summed E-state index contributed by atoms with van der Waals surface area (Å²) in [6.45, 7) is 2.10. The highest BCUT2D eigenvalue weighted by Gasteiger charge is 2.62. The number of para-hydroxylation sites is 1. The highest BCUT2D eigenvalue weighted by Crippen LogP contribution is 2.47. The molecule has 0 aromatic heterocycles. The van der Waals surface area contributed by atoms with Crippen molar-refractivity contribution in [3.05, 3.63) is 42.5 Å². The number of fused-ring (bicyclic) bond motifs is 5. The number of amides is 4. The van der Waals surface area contributed by atoms with E-state index in [2.05, 4.69) is 5.09 Å². The standard InChI is InChI=1S/C28H36FN3O10P/c1-19-25(35)39-17-11-6-4-5-10-14-22(33)32-23(34)15-16-31(27(32)36)26-28(2,29)24(38-3)21(41-26)18-40-43(37,30-19)42-20-12-8-7-9-13-20/h4-5,7-9,12-13,16,19,21,24,26H,6,10-11,14-15,17-18H2,1-3H3,(H,30,37)/q+1/t19-,21?,24+,26?,28+,43-/m0/s1. The van der Waals surface area contributed by atoms with E-state index in [0.29, 0.717) is 17.7 Å². The minimum absolute atomic E-state index is 0.0733. The van der Waals surface area contributed by atoms with E-state index >= 15 is 4.39 Å². The summed E-state index contributed by atoms with van der Waals surface area (Å²) in [6.07, 6.45) is 1.28. The number of esters is 1. The molecule has 1 aromatic rings. The molecule has 1 saturated heterocycles. The third kappa shape index (κ3) is 7.63. The molecular formula is C28H36FN3O10P+. The highest BCUT2D eigenvalue weighted by atomic mass is 31.2. The maximum Gasteiger partial charge on any atom is 0.510 e. The van der Waals surface area contributed by atoms with E-state index < -0.39 is 68.3 Å². The summed E-state index contributed by atoms with van der Waals surface area (Å²) in [5, 5.41) is 2.57. The number of imide groups is 3. The summed E-state index contributed by atoms with van der Waals surface area (Å²) in [7, 11) is -3.09. The number of carbonyl (C=O) groups is 4. The lowest BCUT2D eigenvalue weighted by Crippen LogP contribution is -2.57. The second-order valence-electron chi connectivity index (χ2n) is 10.4. The summed E-state index contributed by atoms with van der Waals surface area (Å²) in [5.74, 6) is -2.00. The molecule has 1 fully saturated rings. The number of ether oxygens (including phenoxy) is 3. The molecule has 3 aliphatic heterocycles. The molecule has 1 N–H and O–H groups in total. The lowest BCUT2D eigenvalue weighted by molar-refractivity contribution is -0.545. The van der Waals surface area contributed by atoms with Gasteiger partial charge in [0.2, 0.25) is 11.9 Å². The van der Waals surface area contributed by atoms with Crippen molar-refractivity contribution in [2.75, 3.05) is 20.3 Å². The molecule has 0 radical (unpaired) electrons. The number of rotatable bonds is 3. The number of halogens is 1. The monoisotopic (exact) mass is 624 g/mol. The van der Waals surface area contributed by atoms with Crippen molar-refractivity contribution in [3.63, 3.8) is 0 Å². The Labute approximate surface area is 248 Å². The van der Waals surface area contributed by atoms with Crippen LogP contribution in [0.4, 0.5) is 9.18 Å². The maximum absolute atomic E-state index is 16.3. The zero-order chi connectivity index (χ0) is 31.2. The summed E-state index contributed by atoms with van der Waals surface area (Å²) in [4.78, 5) is 51.9. The minimum atomic E-state index is -4.33. The lowest BCUT2D eigenvalue weighted by Gasteiger charge is -2.27. The number of methoxy groups -OCH3 is 1. The number of allylic oxidation sites excluding steroid dienone is 2. The molecule has 0 aliphatic carbocycles. The van der Waals surface area contributed by atoms with Gasteiger partial charge in [0.1, 0.15) is 30.4 Å². The SMILES string of the molecule is CO[C@@H]1C2CO[P@](=O)(Oc3ccccc3)N[C@@H](C)C(=O)OCCCC=CCCC(=O)N3C(=O)CC=[N+](C3=O)C(O2)[C@]1(C)F. The van der Waals surface area contributed by atoms with E-state index in [1.54, 1.807) is 30.4 Å². The van der Waals surface area contributed by atoms with Crippen molar-refractivity contribution in [2.45, 2.75) is 76.1 Å². The minimum Gasteiger partial charge on any atom is -0.465 e. The van der Waals surface area contributed by atoms with Gasteiger partial charge in [-0.2, -0.15) is 14.5 Å². The van der Waals surface area contributed by atoms with Gasteiger partial charge in [-0.3, -0.25) is 9.32 Å². The van der Waals surface area contributed by atoms with E-state index in [-0.39, 0.29) is 31.6 Å². The molecule has 3 heterocycles. The number of alkyl halides is 1. The van der Waals surface area contributed by atoms with Gasteiger partial charge in [0.15, 0.2) is 0 Å². The van der Waals surface area contributed by atoms with Crippen molar-refractivity contribution in [1.29, 1.82) is 0 Å². The maximum atomic E-state index is 16.3. The van der Waals surface area contributed by atoms with Gasteiger partial charge in [0, 0.05) is 7.11 Å². The predicted octanol–water partition coefficient (Wildman–Crippen LogP) is 3.27. The third-order valence-corrected chi connectivity index (χ3v) is 8.74. The van der Waals surface area contributed by atoms with Crippen molar-refractivity contribution in [1.82, 2.24) is 9.99 Å². The van der Waals surface area contributed by atoms with Gasteiger partial charge in [-0.15, -0.1) is 0 Å². The molecule has 4 amide bonds. The summed E-state index contributed by atoms with van der Waals surface area (Å²) < 4.78 is 58.9. The van der Waals surface area contributed by atoms with Crippen LogP contribution in [0.1, 0.15) is 46.0 Å². The molecule has 3 aliphatic rings. The average molecular weight is 625 g/mol. The Bertz CT molecular complexity index is 1320. The van der Waals surface area contributed by atoms with Crippen molar-refractivity contribution in [3.8, 4) is 5.75 Å². The Morgan fingerprint density at radius 2 is 1.84 bits per heavy atom. The van der Waals surface area contributed by atoms with Crippen molar-refractivity contribution >= 4 is 37.8 Å². The molecule has 0 spiro atoms. The number of nitrogens with zero attached hydrogens (tertiary/aromatic N) is 2. The molecule has 15 heteroatoms. The molecular weight excluding hydrogens is 588 g/mol. The molecule has 4 rings (SSSR count). The first-order chi connectivity index (χ1) is 20.5. The summed E-state index contributed by atoms with van der Waals surface area (Å²) >= 11 is 0. The van der Waals surface area contributed by atoms with Crippen LogP contribution in [-0.4, -0.2) is 90.0 Å². The van der Waals surface area contributed by atoms with E-state index in [1.165, 1.54) is 32.4 Å². The Morgan fingerprint density at radius 3 is 2.56 bits per heavy atom. The van der Waals surface area contributed by atoms with Crippen LogP contribution in [0.25, 0.3) is 0 Å². The van der Waals surface area contributed by atoms with Gasteiger partial charge in [-0.25, -0.2) is 18.5 Å². The van der Waals surface area contributed by atoms with Crippen LogP contribution in [0.5, 0.6) is 5.75 Å². The van der Waals surface area contributed by atoms with Crippen LogP contribution in [0.3, 0.4) is 0 Å². The van der Waals surface area contributed by atoms with Gasteiger partial charge >= 0.3 is 31.6 Å². The van der Waals surface area contributed by atoms with Gasteiger partial charge < -0.3 is 18.7 Å². The Kier molecular flexibility index (Phi) is 10.6. The average Bonchev–Trinajstić information content (AvgIpc) is 3.22. The topological polar surface area (TPSA) is 150 Å². The zero-order valence-electron chi connectivity index (χ0n) is 24.2. The molecule has 234 valence electrons. The van der Waals surface area contributed by atoms with Crippen molar-refractivity contribution < 1.29 is 56.0 Å². The first-order valence-corrected chi connectivity index (χ1v) is 15.5. The van der Waals surface area contributed by atoms with E-state index in [9.17, 15) is 23.7 Å². The predicted molar refractivity (Wildman–Crippen MR) is 149 cm³/mol. The van der Waals surface area contributed by atoms with Crippen LogP contribution < -0.4 is 9.61 Å². The van der Waals surface area contributed by atoms with Gasteiger partial charge in [-0.1, -0.05) is 35.3 Å². The van der Waals surface area contributed by atoms with Crippen LogP contribution >= 0.6 is 7.75 Å². The van der Waals surface area contributed by atoms with Crippen LogP contribution in [0.15, 0.2) is 42.5 Å². The second-order valence-corrected chi connectivity index (χ2v) is 12.1. The van der Waals surface area contributed by atoms with Crippen LogP contribution in [0, 0.1) is 0 Å². The lowest BCUT2D eigenvalue weighted by atomic mass is 9.98. The fraction of sp³-hybridized carbons (Fsp3) is 0.536. The molecule has 13 nitrogen and oxygen atoms in total. The number of benzene rings is 1. The van der Waals surface area contributed by atoms with E-state index in [0.717, 1.165) is 11.5 Å². The molecule has 4 bridgehead atoms. The van der Waals surface area contributed by atoms with Gasteiger partial charge in [-0.05, 0) is 45.2 Å². The molecule has 2 unspecified atom stereocenters. The largest absolute Gasteiger partial charge is 0.510 e.